The summed E-state index contributed by atoms with van der Waals surface area (Å²) in [7, 11) is 0. The van der Waals surface area contributed by atoms with Crippen LogP contribution in [-0.4, -0.2) is 35.7 Å². The van der Waals surface area contributed by atoms with Gasteiger partial charge >= 0.3 is 0 Å². The van der Waals surface area contributed by atoms with E-state index in [0.29, 0.717) is 12.1 Å². The van der Waals surface area contributed by atoms with E-state index in [2.05, 4.69) is 59.3 Å². The van der Waals surface area contributed by atoms with Crippen LogP contribution in [0.15, 0.2) is 54.9 Å². The Labute approximate surface area is 126 Å². The summed E-state index contributed by atoms with van der Waals surface area (Å²) in [5, 5.41) is 0. The van der Waals surface area contributed by atoms with Gasteiger partial charge in [-0.25, -0.2) is 0 Å². The van der Waals surface area contributed by atoms with Crippen LogP contribution in [0.1, 0.15) is 24.1 Å². The van der Waals surface area contributed by atoms with E-state index in [9.17, 15) is 0 Å². The van der Waals surface area contributed by atoms with Gasteiger partial charge in [0.2, 0.25) is 0 Å². The molecule has 1 aliphatic heterocycles. The molecule has 1 aromatic heterocycles. The van der Waals surface area contributed by atoms with Crippen molar-refractivity contribution in [2.24, 2.45) is 0 Å². The first-order chi connectivity index (χ1) is 10.3. The van der Waals surface area contributed by atoms with Gasteiger partial charge in [-0.05, 0) is 36.6 Å². The number of aromatic nitrogens is 1. The molecule has 0 saturated carbocycles. The number of ether oxygens (including phenoxy) is 1. The molecule has 2 heterocycles. The molecule has 0 N–H and O–H groups in total. The molecule has 0 bridgehead atoms. The number of hydrogen-bond donors (Lipinski definition) is 0. The number of pyridine rings is 1. The SMILES string of the molecule is C[C@@H]1CN(CCc2ccncc2)[C@@H](c2ccccc2)CO1. The highest BCUT2D eigenvalue weighted by Gasteiger charge is 2.27. The minimum Gasteiger partial charge on any atom is -0.375 e. The van der Waals surface area contributed by atoms with E-state index in [0.717, 1.165) is 26.1 Å². The van der Waals surface area contributed by atoms with Crippen LogP contribution in [0.3, 0.4) is 0 Å². The van der Waals surface area contributed by atoms with Crippen LogP contribution in [0.5, 0.6) is 0 Å². The Balaban J connectivity index is 1.70. The third-order valence-corrected chi connectivity index (χ3v) is 4.09. The maximum absolute atomic E-state index is 5.88. The zero-order valence-corrected chi connectivity index (χ0v) is 12.5. The molecule has 1 saturated heterocycles. The minimum absolute atomic E-state index is 0.308. The molecule has 110 valence electrons. The molecule has 2 aromatic rings. The van der Waals surface area contributed by atoms with Crippen LogP contribution < -0.4 is 0 Å². The van der Waals surface area contributed by atoms with Gasteiger partial charge in [0.1, 0.15) is 0 Å². The fraction of sp³-hybridized carbons (Fsp3) is 0.389. The van der Waals surface area contributed by atoms with Gasteiger partial charge in [-0.15, -0.1) is 0 Å². The number of rotatable bonds is 4. The molecule has 1 aromatic carbocycles. The van der Waals surface area contributed by atoms with Crippen molar-refractivity contribution in [2.45, 2.75) is 25.5 Å². The van der Waals surface area contributed by atoms with Gasteiger partial charge in [0.25, 0.3) is 0 Å². The summed E-state index contributed by atoms with van der Waals surface area (Å²) in [5.41, 5.74) is 2.69. The first-order valence-electron chi connectivity index (χ1n) is 7.62. The predicted molar refractivity (Wildman–Crippen MR) is 84.1 cm³/mol. The van der Waals surface area contributed by atoms with Gasteiger partial charge in [-0.1, -0.05) is 30.3 Å². The molecule has 3 rings (SSSR count). The second kappa shape index (κ2) is 6.83. The van der Waals surface area contributed by atoms with Gasteiger partial charge in [0.15, 0.2) is 0 Å². The van der Waals surface area contributed by atoms with E-state index >= 15 is 0 Å². The summed E-state index contributed by atoms with van der Waals surface area (Å²) in [5.74, 6) is 0. The van der Waals surface area contributed by atoms with Crippen LogP contribution in [0, 0.1) is 0 Å². The average molecular weight is 282 g/mol. The standard InChI is InChI=1S/C18H22N2O/c1-15-13-20(12-9-16-7-10-19-11-8-16)18(14-21-15)17-5-3-2-4-6-17/h2-8,10-11,15,18H,9,12-14H2,1H3/t15-,18-/m1/s1. The van der Waals surface area contributed by atoms with Crippen molar-refractivity contribution in [3.05, 3.63) is 66.0 Å². The quantitative estimate of drug-likeness (QED) is 0.861. The molecule has 0 spiro atoms. The molecule has 1 aliphatic rings. The molecule has 0 aliphatic carbocycles. The molecule has 0 unspecified atom stereocenters. The number of hydrogen-bond acceptors (Lipinski definition) is 3. The summed E-state index contributed by atoms with van der Waals surface area (Å²) in [6.45, 7) is 4.98. The van der Waals surface area contributed by atoms with E-state index < -0.39 is 0 Å². The second-order valence-electron chi connectivity index (χ2n) is 5.67. The normalized spacial score (nSPS) is 23.1. The lowest BCUT2D eigenvalue weighted by Crippen LogP contribution is -2.44. The van der Waals surface area contributed by atoms with Gasteiger partial charge in [-0.3, -0.25) is 9.88 Å². The van der Waals surface area contributed by atoms with Crippen molar-refractivity contribution in [2.75, 3.05) is 19.7 Å². The van der Waals surface area contributed by atoms with Crippen molar-refractivity contribution in [1.82, 2.24) is 9.88 Å². The summed E-state index contributed by atoms with van der Waals surface area (Å²) in [6.07, 6.45) is 5.10. The zero-order chi connectivity index (χ0) is 14.5. The van der Waals surface area contributed by atoms with E-state index in [1.54, 1.807) is 0 Å². The number of nitrogens with zero attached hydrogens (tertiary/aromatic N) is 2. The summed E-state index contributed by atoms with van der Waals surface area (Å²) in [6, 6.07) is 15.2. The second-order valence-corrected chi connectivity index (χ2v) is 5.67. The number of benzene rings is 1. The van der Waals surface area contributed by atoms with Crippen molar-refractivity contribution in [3.8, 4) is 0 Å². The monoisotopic (exact) mass is 282 g/mol. The molecular weight excluding hydrogens is 260 g/mol. The van der Waals surface area contributed by atoms with Crippen LogP contribution in [0.2, 0.25) is 0 Å². The fourth-order valence-corrected chi connectivity index (χ4v) is 2.92. The maximum Gasteiger partial charge on any atom is 0.0675 e. The number of morpholine rings is 1. The van der Waals surface area contributed by atoms with E-state index in [4.69, 9.17) is 4.74 Å². The minimum atomic E-state index is 0.308. The topological polar surface area (TPSA) is 25.4 Å². The van der Waals surface area contributed by atoms with Crippen molar-refractivity contribution >= 4 is 0 Å². The van der Waals surface area contributed by atoms with E-state index in [-0.39, 0.29) is 0 Å². The highest BCUT2D eigenvalue weighted by Crippen LogP contribution is 2.26. The Morgan fingerprint density at radius 1 is 1.14 bits per heavy atom. The van der Waals surface area contributed by atoms with Crippen LogP contribution in [0.4, 0.5) is 0 Å². The molecular formula is C18H22N2O. The molecule has 3 nitrogen and oxygen atoms in total. The first kappa shape index (κ1) is 14.2. The average Bonchev–Trinajstić information content (AvgIpc) is 2.55. The third-order valence-electron chi connectivity index (χ3n) is 4.09. The summed E-state index contributed by atoms with van der Waals surface area (Å²) < 4.78 is 5.88. The van der Waals surface area contributed by atoms with Gasteiger partial charge in [-0.2, -0.15) is 0 Å². The summed E-state index contributed by atoms with van der Waals surface area (Å²) >= 11 is 0. The first-order valence-corrected chi connectivity index (χ1v) is 7.62. The van der Waals surface area contributed by atoms with Crippen LogP contribution in [0.25, 0.3) is 0 Å². The lowest BCUT2D eigenvalue weighted by Gasteiger charge is -2.39. The molecule has 0 amide bonds. The van der Waals surface area contributed by atoms with Gasteiger partial charge in [0, 0.05) is 25.5 Å². The molecule has 0 radical (unpaired) electrons. The molecule has 3 heteroatoms. The maximum atomic E-state index is 5.88. The van der Waals surface area contributed by atoms with Crippen LogP contribution >= 0.6 is 0 Å². The van der Waals surface area contributed by atoms with Crippen molar-refractivity contribution < 1.29 is 4.74 Å². The Bertz CT molecular complexity index is 544. The zero-order valence-electron chi connectivity index (χ0n) is 12.5. The largest absolute Gasteiger partial charge is 0.375 e. The van der Waals surface area contributed by atoms with Crippen LogP contribution in [-0.2, 0) is 11.2 Å². The lowest BCUT2D eigenvalue weighted by atomic mass is 10.0. The van der Waals surface area contributed by atoms with E-state index in [1.165, 1.54) is 11.1 Å². The predicted octanol–water partition coefficient (Wildman–Crippen LogP) is 3.09. The highest BCUT2D eigenvalue weighted by molar-refractivity contribution is 5.20. The summed E-state index contributed by atoms with van der Waals surface area (Å²) in [4.78, 5) is 6.63. The van der Waals surface area contributed by atoms with Gasteiger partial charge in [0.05, 0.1) is 18.8 Å². The molecule has 1 fully saturated rings. The Morgan fingerprint density at radius 3 is 2.67 bits per heavy atom. The lowest BCUT2D eigenvalue weighted by molar-refractivity contribution is -0.0557. The van der Waals surface area contributed by atoms with Gasteiger partial charge < -0.3 is 4.74 Å². The van der Waals surface area contributed by atoms with Crippen molar-refractivity contribution in [3.63, 3.8) is 0 Å². The Kier molecular flexibility index (Phi) is 4.63. The smallest absolute Gasteiger partial charge is 0.0675 e. The Morgan fingerprint density at radius 2 is 1.90 bits per heavy atom. The third kappa shape index (κ3) is 3.69. The molecule has 2 atom stereocenters. The molecule has 21 heavy (non-hydrogen) atoms. The fourth-order valence-electron chi connectivity index (χ4n) is 2.92. The highest BCUT2D eigenvalue weighted by atomic mass is 16.5. The van der Waals surface area contributed by atoms with Crippen molar-refractivity contribution in [1.29, 1.82) is 0 Å². The van der Waals surface area contributed by atoms with E-state index in [1.807, 2.05) is 12.4 Å². The Hall–Kier alpha value is -1.71.